The summed E-state index contributed by atoms with van der Waals surface area (Å²) in [5.74, 6) is 0.520. The van der Waals surface area contributed by atoms with Crippen LogP contribution in [0.2, 0.25) is 0 Å². The quantitative estimate of drug-likeness (QED) is 0.744. The third kappa shape index (κ3) is 2.86. The van der Waals surface area contributed by atoms with E-state index in [0.29, 0.717) is 30.4 Å². The van der Waals surface area contributed by atoms with Gasteiger partial charge >= 0.3 is 0 Å². The highest BCUT2D eigenvalue weighted by Gasteiger charge is 2.36. The zero-order valence-corrected chi connectivity index (χ0v) is 13.7. The molecule has 0 radical (unpaired) electrons. The Morgan fingerprint density at radius 2 is 2.16 bits per heavy atom. The molecular formula is C17H17N5O3. The molecule has 128 valence electrons. The molecule has 3 aromatic rings. The highest BCUT2D eigenvalue weighted by atomic mass is 16.5. The van der Waals surface area contributed by atoms with Gasteiger partial charge in [0.2, 0.25) is 11.8 Å². The Hall–Kier alpha value is -3.16. The molecule has 0 saturated carbocycles. The van der Waals surface area contributed by atoms with E-state index in [2.05, 4.69) is 20.4 Å². The molecule has 0 spiro atoms. The molecule has 8 nitrogen and oxygen atoms in total. The first kappa shape index (κ1) is 15.4. The normalized spacial score (nSPS) is 14.5. The van der Waals surface area contributed by atoms with Crippen LogP contribution in [0.4, 0.5) is 0 Å². The van der Waals surface area contributed by atoms with Gasteiger partial charge in [0.15, 0.2) is 5.82 Å². The van der Waals surface area contributed by atoms with Crippen LogP contribution in [0.15, 0.2) is 35.0 Å². The summed E-state index contributed by atoms with van der Waals surface area (Å²) in [7, 11) is 0. The van der Waals surface area contributed by atoms with E-state index in [0.717, 1.165) is 10.9 Å². The van der Waals surface area contributed by atoms with Gasteiger partial charge in [-0.05, 0) is 13.0 Å². The lowest BCUT2D eigenvalue weighted by molar-refractivity contribution is -0.129. The number of carbonyl (C=O) groups excluding carboxylic acids is 2. The maximum atomic E-state index is 12.6. The lowest BCUT2D eigenvalue weighted by Gasteiger charge is -2.38. The Labute approximate surface area is 143 Å². The van der Waals surface area contributed by atoms with Crippen molar-refractivity contribution in [3.8, 4) is 0 Å². The van der Waals surface area contributed by atoms with E-state index in [4.69, 9.17) is 4.52 Å². The summed E-state index contributed by atoms with van der Waals surface area (Å²) in [4.78, 5) is 33.5. The van der Waals surface area contributed by atoms with E-state index in [1.165, 1.54) is 0 Å². The summed E-state index contributed by atoms with van der Waals surface area (Å²) < 4.78 is 4.95. The molecule has 1 aliphatic heterocycles. The number of para-hydroxylation sites is 1. The van der Waals surface area contributed by atoms with Crippen molar-refractivity contribution in [1.29, 1.82) is 0 Å². The fourth-order valence-electron chi connectivity index (χ4n) is 2.95. The molecule has 1 aliphatic rings. The van der Waals surface area contributed by atoms with Gasteiger partial charge in [-0.15, -0.1) is 0 Å². The molecular weight excluding hydrogens is 322 g/mol. The Morgan fingerprint density at radius 1 is 1.36 bits per heavy atom. The number of carbonyl (C=O) groups is 2. The van der Waals surface area contributed by atoms with Crippen LogP contribution in [0.5, 0.6) is 0 Å². The van der Waals surface area contributed by atoms with Crippen LogP contribution in [-0.4, -0.2) is 44.9 Å². The number of benzene rings is 1. The van der Waals surface area contributed by atoms with Gasteiger partial charge in [0.1, 0.15) is 0 Å². The summed E-state index contributed by atoms with van der Waals surface area (Å²) >= 11 is 0. The van der Waals surface area contributed by atoms with Crippen LogP contribution in [0.1, 0.15) is 22.1 Å². The highest BCUT2D eigenvalue weighted by Crippen LogP contribution is 2.24. The van der Waals surface area contributed by atoms with E-state index in [1.807, 2.05) is 24.3 Å². The van der Waals surface area contributed by atoms with Crippen LogP contribution >= 0.6 is 0 Å². The van der Waals surface area contributed by atoms with Crippen molar-refractivity contribution in [2.75, 3.05) is 13.1 Å². The number of aryl methyl sites for hydroxylation is 1. The largest absolute Gasteiger partial charge is 0.360 e. The van der Waals surface area contributed by atoms with E-state index < -0.39 is 0 Å². The lowest BCUT2D eigenvalue weighted by atomic mass is 9.97. The second-order valence-electron chi connectivity index (χ2n) is 6.11. The highest BCUT2D eigenvalue weighted by molar-refractivity contribution is 6.07. The standard InChI is InChI=1S/C17H17N5O3/c1-10-20-15(25-21-10)7-19-16(23)11-8-22(9-11)17(24)13-6-18-14-5-3-2-4-12(13)14/h2-6,11,18H,7-9H2,1H3,(H,19,23). The van der Waals surface area contributed by atoms with Gasteiger partial charge in [-0.2, -0.15) is 4.98 Å². The van der Waals surface area contributed by atoms with Crippen molar-refractivity contribution in [2.24, 2.45) is 5.92 Å². The molecule has 0 bridgehead atoms. The molecule has 0 unspecified atom stereocenters. The van der Waals surface area contributed by atoms with Gasteiger partial charge in [0, 0.05) is 30.2 Å². The predicted molar refractivity (Wildman–Crippen MR) is 88.6 cm³/mol. The van der Waals surface area contributed by atoms with Crippen LogP contribution in [0, 0.1) is 12.8 Å². The third-order valence-corrected chi connectivity index (χ3v) is 4.34. The average molecular weight is 339 g/mol. The zero-order valence-electron chi connectivity index (χ0n) is 13.7. The minimum Gasteiger partial charge on any atom is -0.360 e. The number of hydrogen-bond donors (Lipinski definition) is 2. The summed E-state index contributed by atoms with van der Waals surface area (Å²) in [6.07, 6.45) is 1.72. The van der Waals surface area contributed by atoms with Crippen molar-refractivity contribution in [1.82, 2.24) is 25.3 Å². The molecule has 25 heavy (non-hydrogen) atoms. The van der Waals surface area contributed by atoms with Gasteiger partial charge in [0.05, 0.1) is 18.0 Å². The van der Waals surface area contributed by atoms with Crippen molar-refractivity contribution < 1.29 is 14.1 Å². The first-order valence-corrected chi connectivity index (χ1v) is 8.04. The second kappa shape index (κ2) is 6.04. The minimum absolute atomic E-state index is 0.0611. The van der Waals surface area contributed by atoms with Crippen molar-refractivity contribution in [3.05, 3.63) is 47.7 Å². The van der Waals surface area contributed by atoms with E-state index in [1.54, 1.807) is 18.0 Å². The number of rotatable bonds is 4. The Bertz CT molecular complexity index is 939. The summed E-state index contributed by atoms with van der Waals surface area (Å²) in [5.41, 5.74) is 1.56. The molecule has 2 N–H and O–H groups in total. The molecule has 2 amide bonds. The molecule has 1 saturated heterocycles. The lowest BCUT2D eigenvalue weighted by Crippen LogP contribution is -2.55. The molecule has 4 rings (SSSR count). The number of likely N-dealkylation sites (tertiary alicyclic amines) is 1. The molecule has 0 atom stereocenters. The van der Waals surface area contributed by atoms with Gasteiger partial charge in [0.25, 0.3) is 5.91 Å². The van der Waals surface area contributed by atoms with Gasteiger partial charge in [-0.3, -0.25) is 9.59 Å². The molecule has 3 heterocycles. The maximum absolute atomic E-state index is 12.6. The van der Waals surface area contributed by atoms with Crippen LogP contribution in [0.25, 0.3) is 10.9 Å². The van der Waals surface area contributed by atoms with Gasteiger partial charge in [-0.1, -0.05) is 23.4 Å². The summed E-state index contributed by atoms with van der Waals surface area (Å²) in [5, 5.41) is 7.32. The van der Waals surface area contributed by atoms with Crippen LogP contribution < -0.4 is 5.32 Å². The van der Waals surface area contributed by atoms with Crippen LogP contribution in [0.3, 0.4) is 0 Å². The van der Waals surface area contributed by atoms with Gasteiger partial charge in [-0.25, -0.2) is 0 Å². The van der Waals surface area contributed by atoms with E-state index >= 15 is 0 Å². The van der Waals surface area contributed by atoms with Crippen LogP contribution in [-0.2, 0) is 11.3 Å². The minimum atomic E-state index is -0.210. The SMILES string of the molecule is Cc1noc(CNC(=O)C2CN(C(=O)c3c[nH]c4ccccc34)C2)n1. The topological polar surface area (TPSA) is 104 Å². The number of nitrogens with one attached hydrogen (secondary N) is 2. The number of aromatic amines is 1. The fraction of sp³-hybridized carbons (Fsp3) is 0.294. The Morgan fingerprint density at radius 3 is 2.92 bits per heavy atom. The van der Waals surface area contributed by atoms with Crippen molar-refractivity contribution >= 4 is 22.7 Å². The van der Waals surface area contributed by atoms with E-state index in [-0.39, 0.29) is 24.3 Å². The number of aromatic nitrogens is 3. The fourth-order valence-corrected chi connectivity index (χ4v) is 2.95. The zero-order chi connectivity index (χ0) is 17.4. The first-order valence-electron chi connectivity index (χ1n) is 8.04. The first-order chi connectivity index (χ1) is 12.1. The Balaban J connectivity index is 1.33. The number of H-pyrrole nitrogens is 1. The number of hydrogen-bond acceptors (Lipinski definition) is 5. The molecule has 1 fully saturated rings. The third-order valence-electron chi connectivity index (χ3n) is 4.34. The van der Waals surface area contributed by atoms with Crippen molar-refractivity contribution in [2.45, 2.75) is 13.5 Å². The number of nitrogens with zero attached hydrogens (tertiary/aromatic N) is 3. The van der Waals surface area contributed by atoms with Crippen molar-refractivity contribution in [3.63, 3.8) is 0 Å². The monoisotopic (exact) mass is 339 g/mol. The van der Waals surface area contributed by atoms with Gasteiger partial charge < -0.3 is 19.7 Å². The smallest absolute Gasteiger partial charge is 0.256 e. The average Bonchev–Trinajstić information content (AvgIpc) is 3.17. The second-order valence-corrected chi connectivity index (χ2v) is 6.11. The molecule has 8 heteroatoms. The number of fused-ring (bicyclic) bond motifs is 1. The molecule has 1 aromatic carbocycles. The summed E-state index contributed by atoms with van der Waals surface area (Å²) in [6, 6.07) is 7.66. The summed E-state index contributed by atoms with van der Waals surface area (Å²) in [6.45, 7) is 2.74. The number of amides is 2. The van der Waals surface area contributed by atoms with E-state index in [9.17, 15) is 9.59 Å². The molecule has 2 aromatic heterocycles. The molecule has 0 aliphatic carbocycles. The predicted octanol–water partition coefficient (Wildman–Crippen LogP) is 1.25. The maximum Gasteiger partial charge on any atom is 0.256 e. The Kier molecular flexibility index (Phi) is 3.72.